The first-order chi connectivity index (χ1) is 9.69. The standard InChI is InChI=1S/C15H26ClN5/c1-8-11-12-14(20(7)18-11)21(13(17-12)10(2)16)9-15(3,4)19(5)6/h10H,8-9H2,1-7H3. The van der Waals surface area contributed by atoms with E-state index in [9.17, 15) is 0 Å². The van der Waals surface area contributed by atoms with E-state index in [1.165, 1.54) is 0 Å². The molecule has 0 saturated heterocycles. The molecule has 6 heteroatoms. The molecule has 2 heterocycles. The Morgan fingerprint density at radius 3 is 2.43 bits per heavy atom. The number of aryl methyl sites for hydroxylation is 2. The Kier molecular flexibility index (Phi) is 4.36. The van der Waals surface area contributed by atoms with E-state index in [2.05, 4.69) is 49.4 Å². The Morgan fingerprint density at radius 2 is 1.95 bits per heavy atom. The zero-order valence-corrected chi connectivity index (χ0v) is 14.9. The van der Waals surface area contributed by atoms with Crippen LogP contribution in [0.3, 0.4) is 0 Å². The first kappa shape index (κ1) is 16.3. The maximum absolute atomic E-state index is 6.37. The predicted molar refractivity (Wildman–Crippen MR) is 87.9 cm³/mol. The van der Waals surface area contributed by atoms with Gasteiger partial charge in [-0.25, -0.2) is 4.98 Å². The number of rotatable bonds is 5. The largest absolute Gasteiger partial charge is 0.310 e. The van der Waals surface area contributed by atoms with Crippen LogP contribution >= 0.6 is 11.6 Å². The second kappa shape index (κ2) is 5.61. The van der Waals surface area contributed by atoms with Crippen molar-refractivity contribution in [1.29, 1.82) is 0 Å². The second-order valence-corrected chi connectivity index (χ2v) is 7.13. The normalized spacial score (nSPS) is 14.3. The van der Waals surface area contributed by atoms with Gasteiger partial charge in [0.1, 0.15) is 11.3 Å². The summed E-state index contributed by atoms with van der Waals surface area (Å²) in [5.41, 5.74) is 3.08. The maximum atomic E-state index is 6.37. The minimum atomic E-state index is -0.125. The Morgan fingerprint density at radius 1 is 1.33 bits per heavy atom. The molecule has 1 unspecified atom stereocenters. The SMILES string of the molecule is CCc1nn(C)c2c1nc(C(C)Cl)n2CC(C)(C)N(C)C. The van der Waals surface area contributed by atoms with Gasteiger partial charge in [0.15, 0.2) is 5.65 Å². The highest BCUT2D eigenvalue weighted by Crippen LogP contribution is 2.28. The summed E-state index contributed by atoms with van der Waals surface area (Å²) in [4.78, 5) is 7.00. The van der Waals surface area contributed by atoms with E-state index >= 15 is 0 Å². The van der Waals surface area contributed by atoms with Crippen LogP contribution < -0.4 is 0 Å². The molecule has 0 fully saturated rings. The fraction of sp³-hybridized carbons (Fsp3) is 0.733. The van der Waals surface area contributed by atoms with Gasteiger partial charge >= 0.3 is 0 Å². The van der Waals surface area contributed by atoms with Gasteiger partial charge in [-0.1, -0.05) is 6.92 Å². The van der Waals surface area contributed by atoms with Crippen LogP contribution in [0.1, 0.15) is 44.6 Å². The van der Waals surface area contributed by atoms with Crippen LogP contribution in [0, 0.1) is 0 Å². The predicted octanol–water partition coefficient (Wildman–Crippen LogP) is 2.97. The summed E-state index contributed by atoms with van der Waals surface area (Å²) in [6.07, 6.45) is 0.877. The number of hydrogen-bond acceptors (Lipinski definition) is 3. The van der Waals surface area contributed by atoms with Crippen molar-refractivity contribution in [2.45, 2.75) is 51.6 Å². The summed E-state index contributed by atoms with van der Waals surface area (Å²) in [5.74, 6) is 0.921. The molecule has 0 aliphatic carbocycles. The number of alkyl halides is 1. The van der Waals surface area contributed by atoms with Gasteiger partial charge in [0.2, 0.25) is 0 Å². The molecule has 2 aromatic rings. The number of hydrogen-bond donors (Lipinski definition) is 0. The van der Waals surface area contributed by atoms with Gasteiger partial charge in [0.05, 0.1) is 11.1 Å². The highest BCUT2D eigenvalue weighted by atomic mass is 35.5. The lowest BCUT2D eigenvalue weighted by atomic mass is 10.0. The van der Waals surface area contributed by atoms with Gasteiger partial charge in [-0.15, -0.1) is 11.6 Å². The zero-order valence-electron chi connectivity index (χ0n) is 14.1. The third-order valence-corrected chi connectivity index (χ3v) is 4.46. The summed E-state index contributed by atoms with van der Waals surface area (Å²) < 4.78 is 4.15. The number of aromatic nitrogens is 4. The monoisotopic (exact) mass is 311 g/mol. The minimum absolute atomic E-state index is 0.00477. The van der Waals surface area contributed by atoms with Crippen molar-refractivity contribution in [3.05, 3.63) is 11.5 Å². The minimum Gasteiger partial charge on any atom is -0.310 e. The van der Waals surface area contributed by atoms with Crippen molar-refractivity contribution in [3.8, 4) is 0 Å². The molecule has 1 atom stereocenters. The Balaban J connectivity index is 2.64. The van der Waals surface area contributed by atoms with Gasteiger partial charge in [0.25, 0.3) is 0 Å². The van der Waals surface area contributed by atoms with Crippen molar-refractivity contribution in [3.63, 3.8) is 0 Å². The van der Waals surface area contributed by atoms with E-state index in [0.29, 0.717) is 0 Å². The molecule has 0 spiro atoms. The van der Waals surface area contributed by atoms with E-state index in [0.717, 1.165) is 35.6 Å². The summed E-state index contributed by atoms with van der Waals surface area (Å²) in [7, 11) is 6.17. The summed E-state index contributed by atoms with van der Waals surface area (Å²) >= 11 is 6.37. The smallest absolute Gasteiger partial charge is 0.158 e. The average Bonchev–Trinajstić information content (AvgIpc) is 2.88. The summed E-state index contributed by atoms with van der Waals surface area (Å²) in [6.45, 7) is 9.35. The molecule has 0 bridgehead atoms. The molecular formula is C15H26ClN5. The highest BCUT2D eigenvalue weighted by Gasteiger charge is 2.27. The number of nitrogens with zero attached hydrogens (tertiary/aromatic N) is 5. The number of likely N-dealkylation sites (N-methyl/N-ethyl adjacent to an activating group) is 1. The third kappa shape index (κ3) is 2.81. The van der Waals surface area contributed by atoms with E-state index in [4.69, 9.17) is 16.6 Å². The van der Waals surface area contributed by atoms with Crippen molar-refractivity contribution >= 4 is 22.8 Å². The molecular weight excluding hydrogens is 286 g/mol. The molecule has 0 aliphatic rings. The fourth-order valence-corrected chi connectivity index (χ4v) is 2.65. The lowest BCUT2D eigenvalue weighted by Crippen LogP contribution is -2.42. The maximum Gasteiger partial charge on any atom is 0.158 e. The second-order valence-electron chi connectivity index (χ2n) is 6.48. The van der Waals surface area contributed by atoms with Crippen LogP contribution in [0.5, 0.6) is 0 Å². The first-order valence-electron chi connectivity index (χ1n) is 7.42. The van der Waals surface area contributed by atoms with Gasteiger partial charge < -0.3 is 9.47 Å². The number of halogens is 1. The van der Waals surface area contributed by atoms with Crippen LogP contribution in [-0.2, 0) is 20.0 Å². The highest BCUT2D eigenvalue weighted by molar-refractivity contribution is 6.20. The number of imidazole rings is 1. The van der Waals surface area contributed by atoms with Crippen LogP contribution in [0.15, 0.2) is 0 Å². The molecule has 0 radical (unpaired) electrons. The molecule has 0 N–H and O–H groups in total. The first-order valence-corrected chi connectivity index (χ1v) is 7.86. The topological polar surface area (TPSA) is 38.9 Å². The van der Waals surface area contributed by atoms with Crippen molar-refractivity contribution < 1.29 is 0 Å². The molecule has 0 aliphatic heterocycles. The van der Waals surface area contributed by atoms with Crippen molar-refractivity contribution in [2.75, 3.05) is 14.1 Å². The number of fused-ring (bicyclic) bond motifs is 1. The van der Waals surface area contributed by atoms with E-state index in [-0.39, 0.29) is 10.9 Å². The van der Waals surface area contributed by atoms with Gasteiger partial charge in [-0.2, -0.15) is 5.10 Å². The molecule has 2 aromatic heterocycles. The molecule has 0 aromatic carbocycles. The molecule has 0 amide bonds. The Bertz CT molecular complexity index is 636. The fourth-order valence-electron chi connectivity index (χ4n) is 2.48. The molecule has 21 heavy (non-hydrogen) atoms. The van der Waals surface area contributed by atoms with E-state index in [1.54, 1.807) is 0 Å². The van der Waals surface area contributed by atoms with Crippen LogP contribution in [0.25, 0.3) is 11.2 Å². The van der Waals surface area contributed by atoms with E-state index in [1.807, 2.05) is 18.7 Å². The average molecular weight is 312 g/mol. The molecule has 0 saturated carbocycles. The molecule has 5 nitrogen and oxygen atoms in total. The Hall–Kier alpha value is -1.07. The van der Waals surface area contributed by atoms with Crippen molar-refractivity contribution in [1.82, 2.24) is 24.2 Å². The van der Waals surface area contributed by atoms with Gasteiger partial charge in [-0.3, -0.25) is 4.68 Å². The lowest BCUT2D eigenvalue weighted by Gasteiger charge is -2.33. The van der Waals surface area contributed by atoms with Crippen LogP contribution in [-0.4, -0.2) is 43.9 Å². The quantitative estimate of drug-likeness (QED) is 0.797. The summed E-state index contributed by atoms with van der Waals surface area (Å²) in [5, 5.41) is 4.46. The molecule has 118 valence electrons. The van der Waals surface area contributed by atoms with Gasteiger partial charge in [-0.05, 0) is 41.3 Å². The third-order valence-electron chi connectivity index (χ3n) is 4.27. The lowest BCUT2D eigenvalue weighted by molar-refractivity contribution is 0.169. The summed E-state index contributed by atoms with van der Waals surface area (Å²) in [6, 6.07) is 0. The zero-order chi connectivity index (χ0) is 15.9. The molecule has 2 rings (SSSR count). The van der Waals surface area contributed by atoms with E-state index < -0.39 is 0 Å². The van der Waals surface area contributed by atoms with Gasteiger partial charge in [0, 0.05) is 19.1 Å². The Labute approximate surface area is 131 Å². The van der Waals surface area contributed by atoms with Crippen molar-refractivity contribution in [2.24, 2.45) is 7.05 Å². The van der Waals surface area contributed by atoms with Crippen LogP contribution in [0.2, 0.25) is 0 Å². The van der Waals surface area contributed by atoms with Crippen LogP contribution in [0.4, 0.5) is 0 Å².